The highest BCUT2D eigenvalue weighted by atomic mass is 32.2. The highest BCUT2D eigenvalue weighted by Crippen LogP contribution is 2.28. The predicted molar refractivity (Wildman–Crippen MR) is 75.9 cm³/mol. The van der Waals surface area contributed by atoms with E-state index in [2.05, 4.69) is 15.1 Å². The van der Waals surface area contributed by atoms with Crippen LogP contribution >= 0.6 is 11.8 Å². The molecule has 0 saturated heterocycles. The Morgan fingerprint density at radius 1 is 1.40 bits per heavy atom. The highest BCUT2D eigenvalue weighted by Gasteiger charge is 2.24. The van der Waals surface area contributed by atoms with Gasteiger partial charge in [0.05, 0.1) is 6.61 Å². The molecule has 0 saturated carbocycles. The van der Waals surface area contributed by atoms with Crippen molar-refractivity contribution in [2.24, 2.45) is 0 Å². The number of thioether (sulfide) groups is 1. The van der Waals surface area contributed by atoms with Crippen LogP contribution in [-0.2, 0) is 4.74 Å². The Morgan fingerprint density at radius 2 is 2.10 bits per heavy atom. The molecule has 2 N–H and O–H groups in total. The zero-order valence-corrected chi connectivity index (χ0v) is 12.1. The summed E-state index contributed by atoms with van der Waals surface area (Å²) in [6.07, 6.45) is 3.17. The number of nitrogens with zero attached hydrogens (tertiary/aromatic N) is 4. The molecule has 0 atom stereocenters. The summed E-state index contributed by atoms with van der Waals surface area (Å²) in [4.78, 5) is 20.2. The van der Waals surface area contributed by atoms with E-state index in [-0.39, 0.29) is 18.0 Å². The number of nitrogens with two attached hydrogens (primary N) is 1. The first-order chi connectivity index (χ1) is 9.69. The maximum absolute atomic E-state index is 12.0. The minimum atomic E-state index is -0.483. The zero-order valence-electron chi connectivity index (χ0n) is 11.2. The van der Waals surface area contributed by atoms with Gasteiger partial charge in [-0.05, 0) is 18.7 Å². The van der Waals surface area contributed by atoms with E-state index >= 15 is 0 Å². The van der Waals surface area contributed by atoms with Gasteiger partial charge in [0.15, 0.2) is 0 Å². The molecule has 0 amide bonds. The second-order valence-electron chi connectivity index (χ2n) is 3.68. The number of aromatic nitrogens is 4. The minimum Gasteiger partial charge on any atom is -0.462 e. The van der Waals surface area contributed by atoms with Crippen LogP contribution in [0.15, 0.2) is 23.5 Å². The van der Waals surface area contributed by atoms with E-state index in [1.165, 1.54) is 16.4 Å². The van der Waals surface area contributed by atoms with E-state index in [0.717, 1.165) is 5.75 Å². The molecule has 2 heterocycles. The molecule has 7 nitrogen and oxygen atoms in total. The summed E-state index contributed by atoms with van der Waals surface area (Å²) in [5.74, 6) is 0.783. The molecule has 0 fully saturated rings. The first-order valence-electron chi connectivity index (χ1n) is 6.14. The number of hydrogen-bond acceptors (Lipinski definition) is 7. The zero-order chi connectivity index (χ0) is 14.5. The largest absolute Gasteiger partial charge is 0.462 e. The third-order valence-electron chi connectivity index (χ3n) is 2.39. The molecule has 0 spiro atoms. The fourth-order valence-electron chi connectivity index (χ4n) is 1.60. The van der Waals surface area contributed by atoms with Crippen molar-refractivity contribution in [2.75, 3.05) is 18.1 Å². The van der Waals surface area contributed by atoms with Crippen LogP contribution < -0.4 is 5.73 Å². The van der Waals surface area contributed by atoms with Crippen LogP contribution in [0.25, 0.3) is 5.95 Å². The van der Waals surface area contributed by atoms with Crippen molar-refractivity contribution in [2.45, 2.75) is 18.9 Å². The van der Waals surface area contributed by atoms with E-state index in [1.807, 2.05) is 6.92 Å². The number of carbonyl (C=O) groups excluding carboxylic acids is 1. The molecule has 2 aromatic heterocycles. The van der Waals surface area contributed by atoms with Crippen molar-refractivity contribution in [3.63, 3.8) is 0 Å². The fourth-order valence-corrected chi connectivity index (χ4v) is 2.34. The second-order valence-corrected chi connectivity index (χ2v) is 4.93. The Bertz CT molecular complexity index is 599. The van der Waals surface area contributed by atoms with Crippen LogP contribution in [0, 0.1) is 0 Å². The summed E-state index contributed by atoms with van der Waals surface area (Å²) < 4.78 is 6.37. The van der Waals surface area contributed by atoms with Crippen molar-refractivity contribution in [1.29, 1.82) is 0 Å². The number of hydrogen-bond donors (Lipinski definition) is 1. The van der Waals surface area contributed by atoms with Gasteiger partial charge < -0.3 is 10.5 Å². The van der Waals surface area contributed by atoms with Gasteiger partial charge in [0.25, 0.3) is 5.95 Å². The summed E-state index contributed by atoms with van der Waals surface area (Å²) in [6, 6.07) is 1.69. The summed E-state index contributed by atoms with van der Waals surface area (Å²) in [5, 5.41) is 4.83. The van der Waals surface area contributed by atoms with Gasteiger partial charge >= 0.3 is 5.97 Å². The van der Waals surface area contributed by atoms with Crippen molar-refractivity contribution < 1.29 is 9.53 Å². The topological polar surface area (TPSA) is 95.9 Å². The Labute approximate surface area is 120 Å². The van der Waals surface area contributed by atoms with Gasteiger partial charge in [0.1, 0.15) is 16.4 Å². The molecule has 0 radical (unpaired) electrons. The standard InChI is InChI=1S/C12H15N5O2S/c1-3-19-11(18)8-9(13)17(16-10(8)20-4-2)12-14-6-5-7-15-12/h5-7H,3-4,13H2,1-2H3. The third-order valence-corrected chi connectivity index (χ3v) is 3.24. The molecule has 2 aromatic rings. The van der Waals surface area contributed by atoms with Crippen molar-refractivity contribution in [3.8, 4) is 5.95 Å². The van der Waals surface area contributed by atoms with Gasteiger partial charge in [-0.15, -0.1) is 11.8 Å². The van der Waals surface area contributed by atoms with Crippen LogP contribution in [-0.4, -0.2) is 38.1 Å². The Morgan fingerprint density at radius 3 is 2.70 bits per heavy atom. The molecule has 20 heavy (non-hydrogen) atoms. The van der Waals surface area contributed by atoms with Gasteiger partial charge in [-0.2, -0.15) is 9.78 Å². The van der Waals surface area contributed by atoms with E-state index in [1.54, 1.807) is 25.4 Å². The number of nitrogen functional groups attached to an aromatic ring is 1. The average molecular weight is 293 g/mol. The number of anilines is 1. The molecule has 0 unspecified atom stereocenters. The predicted octanol–water partition coefficient (Wildman–Crippen LogP) is 1.53. The maximum Gasteiger partial charge on any atom is 0.344 e. The average Bonchev–Trinajstić information content (AvgIpc) is 2.77. The Balaban J connectivity index is 2.50. The molecule has 0 aliphatic rings. The highest BCUT2D eigenvalue weighted by molar-refractivity contribution is 7.99. The maximum atomic E-state index is 12.0. The molecule has 2 rings (SSSR count). The number of rotatable bonds is 5. The molecule has 0 aromatic carbocycles. The van der Waals surface area contributed by atoms with Crippen LogP contribution in [0.5, 0.6) is 0 Å². The van der Waals surface area contributed by atoms with Gasteiger partial charge in [-0.1, -0.05) is 6.92 Å². The number of carbonyl (C=O) groups is 1. The summed E-state index contributed by atoms with van der Waals surface area (Å²) in [6.45, 7) is 3.99. The summed E-state index contributed by atoms with van der Waals surface area (Å²) in [7, 11) is 0. The van der Waals surface area contributed by atoms with Gasteiger partial charge in [-0.25, -0.2) is 14.8 Å². The third kappa shape index (κ3) is 2.74. The number of ether oxygens (including phenoxy) is 1. The van der Waals surface area contributed by atoms with Crippen LogP contribution in [0.2, 0.25) is 0 Å². The molecule has 106 valence electrons. The van der Waals surface area contributed by atoms with E-state index in [4.69, 9.17) is 10.5 Å². The van der Waals surface area contributed by atoms with Gasteiger partial charge in [-0.3, -0.25) is 0 Å². The molecule has 0 aliphatic carbocycles. The van der Waals surface area contributed by atoms with E-state index < -0.39 is 5.97 Å². The van der Waals surface area contributed by atoms with Crippen LogP contribution in [0.1, 0.15) is 24.2 Å². The molecule has 8 heteroatoms. The van der Waals surface area contributed by atoms with Crippen molar-refractivity contribution >= 4 is 23.5 Å². The quantitative estimate of drug-likeness (QED) is 0.659. The van der Waals surface area contributed by atoms with Gasteiger partial charge in [0.2, 0.25) is 0 Å². The van der Waals surface area contributed by atoms with Gasteiger partial charge in [0, 0.05) is 12.4 Å². The lowest BCUT2D eigenvalue weighted by atomic mass is 10.3. The van der Waals surface area contributed by atoms with E-state index in [9.17, 15) is 4.79 Å². The monoisotopic (exact) mass is 293 g/mol. The SMILES string of the molecule is CCOC(=O)c1c(SCC)nn(-c2ncccn2)c1N. The van der Waals surface area contributed by atoms with Crippen LogP contribution in [0.4, 0.5) is 5.82 Å². The summed E-state index contributed by atoms with van der Waals surface area (Å²) >= 11 is 1.42. The van der Waals surface area contributed by atoms with E-state index in [0.29, 0.717) is 11.0 Å². The van der Waals surface area contributed by atoms with Crippen molar-refractivity contribution in [1.82, 2.24) is 19.7 Å². The Kier molecular flexibility index (Phi) is 4.57. The Hall–Kier alpha value is -2.09. The first kappa shape index (κ1) is 14.3. The lowest BCUT2D eigenvalue weighted by Crippen LogP contribution is -2.10. The van der Waals surface area contributed by atoms with Crippen molar-refractivity contribution in [3.05, 3.63) is 24.0 Å². The summed E-state index contributed by atoms with van der Waals surface area (Å²) in [5.41, 5.74) is 6.27. The minimum absolute atomic E-state index is 0.186. The normalized spacial score (nSPS) is 10.5. The molecular weight excluding hydrogens is 278 g/mol. The lowest BCUT2D eigenvalue weighted by molar-refractivity contribution is 0.0523. The smallest absolute Gasteiger partial charge is 0.344 e. The fraction of sp³-hybridized carbons (Fsp3) is 0.333. The second kappa shape index (κ2) is 6.38. The first-order valence-corrected chi connectivity index (χ1v) is 7.13. The van der Waals surface area contributed by atoms with Crippen LogP contribution in [0.3, 0.4) is 0 Å². The lowest BCUT2D eigenvalue weighted by Gasteiger charge is -2.03. The molecule has 0 aliphatic heterocycles. The molecular formula is C12H15N5O2S. The molecule has 0 bridgehead atoms. The number of esters is 1.